The highest BCUT2D eigenvalue weighted by Gasteiger charge is 2.24. The molecule has 1 amide bonds. The maximum Gasteiger partial charge on any atom is 0.255 e. The molecule has 0 bridgehead atoms. The Morgan fingerprint density at radius 1 is 1.20 bits per heavy atom. The van der Waals surface area contributed by atoms with Crippen LogP contribution >= 0.6 is 0 Å². The number of nitrogens with one attached hydrogen (secondary N) is 1. The smallest absolute Gasteiger partial charge is 0.255 e. The molecule has 1 saturated heterocycles. The third-order valence-corrected chi connectivity index (χ3v) is 4.63. The van der Waals surface area contributed by atoms with Gasteiger partial charge in [-0.25, -0.2) is 4.39 Å². The van der Waals surface area contributed by atoms with Gasteiger partial charge in [-0.05, 0) is 49.7 Å². The average Bonchev–Trinajstić information content (AvgIpc) is 3.17. The van der Waals surface area contributed by atoms with E-state index in [1.807, 2.05) is 18.2 Å². The van der Waals surface area contributed by atoms with Crippen LogP contribution in [0.25, 0.3) is 0 Å². The number of rotatable bonds is 6. The molecule has 2 aromatic carbocycles. The second-order valence-corrected chi connectivity index (χ2v) is 6.22. The van der Waals surface area contributed by atoms with Gasteiger partial charge in [-0.3, -0.25) is 9.69 Å². The lowest BCUT2D eigenvalue weighted by atomic mass is 10.1. The molecule has 1 fully saturated rings. The van der Waals surface area contributed by atoms with Crippen LogP contribution in [0.5, 0.6) is 5.75 Å². The van der Waals surface area contributed by atoms with E-state index in [2.05, 4.69) is 22.3 Å². The van der Waals surface area contributed by atoms with E-state index in [0.29, 0.717) is 12.3 Å². The molecule has 0 radical (unpaired) electrons. The molecule has 1 heterocycles. The number of nitrogens with zero attached hydrogens (tertiary/aromatic N) is 1. The largest absolute Gasteiger partial charge is 0.496 e. The van der Waals surface area contributed by atoms with Gasteiger partial charge >= 0.3 is 0 Å². The summed E-state index contributed by atoms with van der Waals surface area (Å²) in [5.74, 6) is -0.405. The Balaban J connectivity index is 1.75. The van der Waals surface area contributed by atoms with E-state index in [1.165, 1.54) is 43.7 Å². The minimum Gasteiger partial charge on any atom is -0.496 e. The normalized spacial score (nSPS) is 15.8. The molecule has 1 aliphatic rings. The van der Waals surface area contributed by atoms with E-state index < -0.39 is 5.82 Å². The van der Waals surface area contributed by atoms with E-state index in [4.69, 9.17) is 4.74 Å². The molecule has 0 saturated carbocycles. The number of carbonyl (C=O) groups excluding carboxylic acids is 1. The first-order chi connectivity index (χ1) is 12.2. The van der Waals surface area contributed by atoms with Gasteiger partial charge in [0.15, 0.2) is 0 Å². The van der Waals surface area contributed by atoms with E-state index in [-0.39, 0.29) is 17.5 Å². The molecule has 132 valence electrons. The van der Waals surface area contributed by atoms with Crippen molar-refractivity contribution in [2.75, 3.05) is 26.7 Å². The van der Waals surface area contributed by atoms with Crippen molar-refractivity contribution in [3.8, 4) is 5.75 Å². The zero-order chi connectivity index (χ0) is 17.6. The van der Waals surface area contributed by atoms with Gasteiger partial charge in [-0.15, -0.1) is 0 Å². The third-order valence-electron chi connectivity index (χ3n) is 4.63. The Morgan fingerprint density at radius 3 is 2.60 bits per heavy atom. The predicted molar refractivity (Wildman–Crippen MR) is 95.3 cm³/mol. The highest BCUT2D eigenvalue weighted by atomic mass is 19.1. The molecule has 1 unspecified atom stereocenters. The SMILES string of the molecule is COc1ccc(F)cc1C(=O)NCC(c1ccccc1)N1CCCC1. The second-order valence-electron chi connectivity index (χ2n) is 6.22. The van der Waals surface area contributed by atoms with Crippen molar-refractivity contribution in [2.45, 2.75) is 18.9 Å². The second kappa shape index (κ2) is 8.12. The molecule has 0 spiro atoms. The van der Waals surface area contributed by atoms with Crippen LogP contribution in [0.4, 0.5) is 4.39 Å². The summed E-state index contributed by atoms with van der Waals surface area (Å²) in [6, 6.07) is 14.3. The Labute approximate surface area is 147 Å². The highest BCUT2D eigenvalue weighted by molar-refractivity contribution is 5.96. The van der Waals surface area contributed by atoms with Crippen molar-refractivity contribution in [1.82, 2.24) is 10.2 Å². The van der Waals surface area contributed by atoms with Gasteiger partial charge in [0.25, 0.3) is 5.91 Å². The maximum atomic E-state index is 13.5. The molecule has 5 heteroatoms. The first kappa shape index (κ1) is 17.4. The number of methoxy groups -OCH3 is 1. The molecular formula is C20H23FN2O2. The van der Waals surface area contributed by atoms with E-state index in [1.54, 1.807) is 0 Å². The maximum absolute atomic E-state index is 13.5. The summed E-state index contributed by atoms with van der Waals surface area (Å²) in [6.07, 6.45) is 2.35. The number of halogens is 1. The number of benzene rings is 2. The molecule has 25 heavy (non-hydrogen) atoms. The minimum atomic E-state index is -0.454. The first-order valence-corrected chi connectivity index (χ1v) is 8.60. The van der Waals surface area contributed by atoms with Gasteiger partial charge in [0, 0.05) is 6.54 Å². The molecule has 1 atom stereocenters. The monoisotopic (exact) mass is 342 g/mol. The van der Waals surface area contributed by atoms with Crippen molar-refractivity contribution >= 4 is 5.91 Å². The highest BCUT2D eigenvalue weighted by Crippen LogP contribution is 2.25. The zero-order valence-electron chi connectivity index (χ0n) is 14.4. The summed E-state index contributed by atoms with van der Waals surface area (Å²) in [5.41, 5.74) is 1.40. The van der Waals surface area contributed by atoms with E-state index >= 15 is 0 Å². The number of likely N-dealkylation sites (tertiary alicyclic amines) is 1. The summed E-state index contributed by atoms with van der Waals surface area (Å²) in [4.78, 5) is 14.9. The fraction of sp³-hybridized carbons (Fsp3) is 0.350. The topological polar surface area (TPSA) is 41.6 Å². The predicted octanol–water partition coefficient (Wildman–Crippen LogP) is 3.40. The van der Waals surface area contributed by atoms with Crippen LogP contribution in [-0.4, -0.2) is 37.6 Å². The summed E-state index contributed by atoms with van der Waals surface area (Å²) < 4.78 is 18.7. The van der Waals surface area contributed by atoms with Crippen molar-refractivity contribution in [1.29, 1.82) is 0 Å². The number of carbonyl (C=O) groups is 1. The fourth-order valence-electron chi connectivity index (χ4n) is 3.33. The van der Waals surface area contributed by atoms with Gasteiger partial charge < -0.3 is 10.1 Å². The average molecular weight is 342 g/mol. The standard InChI is InChI=1S/C20H23FN2O2/c1-25-19-10-9-16(21)13-17(19)20(24)22-14-18(23-11-5-6-12-23)15-7-3-2-4-8-15/h2-4,7-10,13,18H,5-6,11-12,14H2,1H3,(H,22,24). The molecule has 1 N–H and O–H groups in total. The number of amides is 1. The number of ether oxygens (including phenoxy) is 1. The van der Waals surface area contributed by atoms with Gasteiger partial charge in [-0.1, -0.05) is 30.3 Å². The molecule has 3 rings (SSSR count). The van der Waals surface area contributed by atoms with Crippen molar-refractivity contribution in [2.24, 2.45) is 0 Å². The Kier molecular flexibility index (Phi) is 5.66. The Bertz CT molecular complexity index is 715. The lowest BCUT2D eigenvalue weighted by Gasteiger charge is -2.28. The lowest BCUT2D eigenvalue weighted by Crippen LogP contribution is -2.37. The van der Waals surface area contributed by atoms with Crippen LogP contribution in [0.3, 0.4) is 0 Å². The lowest BCUT2D eigenvalue weighted by molar-refractivity contribution is 0.0934. The molecular weight excluding hydrogens is 319 g/mol. The van der Waals surface area contributed by atoms with Crippen molar-refractivity contribution in [3.05, 3.63) is 65.5 Å². The first-order valence-electron chi connectivity index (χ1n) is 8.60. The van der Waals surface area contributed by atoms with Gasteiger partial charge in [-0.2, -0.15) is 0 Å². The fourth-order valence-corrected chi connectivity index (χ4v) is 3.33. The summed E-state index contributed by atoms with van der Waals surface area (Å²) in [6.45, 7) is 2.53. The molecule has 0 aromatic heterocycles. The van der Waals surface area contributed by atoms with Crippen molar-refractivity contribution < 1.29 is 13.9 Å². The van der Waals surface area contributed by atoms with Crippen LogP contribution in [0.1, 0.15) is 34.8 Å². The van der Waals surface area contributed by atoms with Gasteiger partial charge in [0.05, 0.1) is 18.7 Å². The Morgan fingerprint density at radius 2 is 1.92 bits per heavy atom. The van der Waals surface area contributed by atoms with Crippen LogP contribution < -0.4 is 10.1 Å². The zero-order valence-corrected chi connectivity index (χ0v) is 14.4. The third kappa shape index (κ3) is 4.17. The van der Waals surface area contributed by atoms with Gasteiger partial charge in [0.1, 0.15) is 11.6 Å². The number of hydrogen-bond donors (Lipinski definition) is 1. The van der Waals surface area contributed by atoms with Crippen LogP contribution in [0.15, 0.2) is 48.5 Å². The van der Waals surface area contributed by atoms with Crippen LogP contribution in [0.2, 0.25) is 0 Å². The summed E-state index contributed by atoms with van der Waals surface area (Å²) in [5, 5.41) is 2.95. The molecule has 1 aliphatic heterocycles. The van der Waals surface area contributed by atoms with Gasteiger partial charge in [0.2, 0.25) is 0 Å². The minimum absolute atomic E-state index is 0.118. The molecule has 4 nitrogen and oxygen atoms in total. The molecule has 2 aromatic rings. The summed E-state index contributed by atoms with van der Waals surface area (Å²) in [7, 11) is 1.47. The quantitative estimate of drug-likeness (QED) is 0.875. The Hall–Kier alpha value is -2.40. The van der Waals surface area contributed by atoms with E-state index in [0.717, 1.165) is 13.1 Å². The number of hydrogen-bond acceptors (Lipinski definition) is 3. The van der Waals surface area contributed by atoms with E-state index in [9.17, 15) is 9.18 Å². The van der Waals surface area contributed by atoms with Crippen LogP contribution in [-0.2, 0) is 0 Å². The van der Waals surface area contributed by atoms with Crippen molar-refractivity contribution in [3.63, 3.8) is 0 Å². The van der Waals surface area contributed by atoms with Crippen LogP contribution in [0, 0.1) is 5.82 Å². The summed E-state index contributed by atoms with van der Waals surface area (Å²) >= 11 is 0. The molecule has 0 aliphatic carbocycles.